The molecule has 0 unspecified atom stereocenters. The van der Waals surface area contributed by atoms with Crippen LogP contribution in [0.25, 0.3) is 0 Å². The van der Waals surface area contributed by atoms with E-state index in [1.54, 1.807) is 39.0 Å². The van der Waals surface area contributed by atoms with Crippen molar-refractivity contribution >= 4 is 44.8 Å². The topological polar surface area (TPSA) is 66.5 Å². The van der Waals surface area contributed by atoms with Crippen LogP contribution in [0.4, 0.5) is 5.69 Å². The van der Waals surface area contributed by atoms with Crippen LogP contribution >= 0.6 is 23.2 Å². The minimum Gasteiger partial charge on any atom is -0.321 e. The number of hydrogen-bond donors (Lipinski definition) is 1. The van der Waals surface area contributed by atoms with E-state index in [9.17, 15) is 13.2 Å². The Bertz CT molecular complexity index is 926. The van der Waals surface area contributed by atoms with Gasteiger partial charge in [0.15, 0.2) is 0 Å². The molecule has 1 N–H and O–H groups in total. The third kappa shape index (κ3) is 4.38. The van der Waals surface area contributed by atoms with Gasteiger partial charge in [0.1, 0.15) is 0 Å². The van der Waals surface area contributed by atoms with Crippen molar-refractivity contribution in [1.82, 2.24) is 4.31 Å². The van der Waals surface area contributed by atoms with Crippen LogP contribution in [0, 0.1) is 6.92 Å². The average molecular weight is 415 g/mol. The molecule has 0 saturated heterocycles. The first-order valence-corrected chi connectivity index (χ1v) is 10.3. The first-order valence-electron chi connectivity index (χ1n) is 8.07. The molecule has 2 rings (SSSR count). The Balaban J connectivity index is 2.41. The Morgan fingerprint density at radius 1 is 1.08 bits per heavy atom. The van der Waals surface area contributed by atoms with Crippen LogP contribution < -0.4 is 5.32 Å². The van der Waals surface area contributed by atoms with Crippen molar-refractivity contribution in [2.24, 2.45) is 0 Å². The molecular formula is C18H20Cl2N2O3S. The fraction of sp³-hybridized carbons (Fsp3) is 0.278. The van der Waals surface area contributed by atoms with Crippen LogP contribution in [-0.2, 0) is 10.0 Å². The number of hydrogen-bond acceptors (Lipinski definition) is 3. The zero-order chi connectivity index (χ0) is 19.5. The van der Waals surface area contributed by atoms with Crippen molar-refractivity contribution in [1.29, 1.82) is 0 Å². The van der Waals surface area contributed by atoms with Gasteiger partial charge in [-0.15, -0.1) is 0 Å². The van der Waals surface area contributed by atoms with Gasteiger partial charge in [-0.3, -0.25) is 4.79 Å². The lowest BCUT2D eigenvalue weighted by Gasteiger charge is -2.19. The van der Waals surface area contributed by atoms with Gasteiger partial charge in [0.05, 0.1) is 15.6 Å². The van der Waals surface area contributed by atoms with Crippen molar-refractivity contribution < 1.29 is 13.2 Å². The van der Waals surface area contributed by atoms with Crippen molar-refractivity contribution in [3.8, 4) is 0 Å². The Labute approximate surface area is 164 Å². The molecular weight excluding hydrogens is 395 g/mol. The second-order valence-corrected chi connectivity index (χ2v) is 8.43. The van der Waals surface area contributed by atoms with Gasteiger partial charge in [0.2, 0.25) is 10.0 Å². The van der Waals surface area contributed by atoms with Gasteiger partial charge in [-0.05, 0) is 42.8 Å². The minimum absolute atomic E-state index is 0.0779. The van der Waals surface area contributed by atoms with Gasteiger partial charge in [0, 0.05) is 23.7 Å². The van der Waals surface area contributed by atoms with E-state index in [4.69, 9.17) is 23.2 Å². The Morgan fingerprint density at radius 2 is 1.73 bits per heavy atom. The van der Waals surface area contributed by atoms with Gasteiger partial charge in [0.25, 0.3) is 5.91 Å². The molecule has 0 aliphatic rings. The molecule has 0 fully saturated rings. The summed E-state index contributed by atoms with van der Waals surface area (Å²) < 4.78 is 26.7. The average Bonchev–Trinajstić information content (AvgIpc) is 2.59. The molecule has 0 heterocycles. The largest absolute Gasteiger partial charge is 0.321 e. The van der Waals surface area contributed by atoms with Crippen molar-refractivity contribution in [3.05, 3.63) is 57.6 Å². The molecule has 0 spiro atoms. The molecule has 0 aliphatic carbocycles. The molecule has 5 nitrogen and oxygen atoms in total. The van der Waals surface area contributed by atoms with Crippen LogP contribution in [0.3, 0.4) is 0 Å². The van der Waals surface area contributed by atoms with E-state index >= 15 is 0 Å². The summed E-state index contributed by atoms with van der Waals surface area (Å²) in [5.41, 5.74) is 1.27. The SMILES string of the molecule is CCN(CC)S(=O)(=O)c1ccc(C)c(C(=O)Nc2cc(Cl)ccc2Cl)c1. The summed E-state index contributed by atoms with van der Waals surface area (Å²) in [6, 6.07) is 9.23. The van der Waals surface area contributed by atoms with E-state index in [2.05, 4.69) is 5.32 Å². The van der Waals surface area contributed by atoms with Crippen LogP contribution in [0.1, 0.15) is 29.8 Å². The molecule has 26 heavy (non-hydrogen) atoms. The standard InChI is InChI=1S/C18H20Cl2N2O3S/c1-4-22(5-2)26(24,25)14-8-6-12(3)15(11-14)18(23)21-17-10-13(19)7-9-16(17)20/h6-11H,4-5H2,1-3H3,(H,21,23). The number of aryl methyl sites for hydroxylation is 1. The molecule has 140 valence electrons. The van der Waals surface area contributed by atoms with Gasteiger partial charge in [-0.1, -0.05) is 43.1 Å². The van der Waals surface area contributed by atoms with Crippen LogP contribution in [0.5, 0.6) is 0 Å². The van der Waals surface area contributed by atoms with E-state index in [0.717, 1.165) is 0 Å². The summed E-state index contributed by atoms with van der Waals surface area (Å²) in [6.45, 7) is 5.98. The second-order valence-electron chi connectivity index (χ2n) is 5.64. The van der Waals surface area contributed by atoms with Crippen LogP contribution in [0.15, 0.2) is 41.3 Å². The monoisotopic (exact) mass is 414 g/mol. The van der Waals surface area contributed by atoms with Crippen LogP contribution in [0.2, 0.25) is 10.0 Å². The number of carbonyl (C=O) groups excluding carboxylic acids is 1. The zero-order valence-electron chi connectivity index (χ0n) is 14.7. The number of anilines is 1. The lowest BCUT2D eigenvalue weighted by atomic mass is 10.1. The quantitative estimate of drug-likeness (QED) is 0.751. The zero-order valence-corrected chi connectivity index (χ0v) is 17.0. The number of halogens is 2. The number of sulfonamides is 1. The summed E-state index contributed by atoms with van der Waals surface area (Å²) in [7, 11) is -3.66. The first-order chi connectivity index (χ1) is 12.2. The maximum Gasteiger partial charge on any atom is 0.256 e. The fourth-order valence-corrected chi connectivity index (χ4v) is 4.32. The number of amides is 1. The highest BCUT2D eigenvalue weighted by molar-refractivity contribution is 7.89. The smallest absolute Gasteiger partial charge is 0.256 e. The maximum atomic E-state index is 12.7. The Morgan fingerprint density at radius 3 is 2.35 bits per heavy atom. The second kappa shape index (κ2) is 8.39. The molecule has 0 saturated carbocycles. The summed E-state index contributed by atoms with van der Waals surface area (Å²) in [5, 5.41) is 3.45. The van der Waals surface area contributed by atoms with Gasteiger partial charge >= 0.3 is 0 Å². The van der Waals surface area contributed by atoms with Gasteiger partial charge in [-0.25, -0.2) is 8.42 Å². The summed E-state index contributed by atoms with van der Waals surface area (Å²) in [5.74, 6) is -0.455. The van der Waals surface area contributed by atoms with Crippen LogP contribution in [-0.4, -0.2) is 31.7 Å². The predicted molar refractivity (Wildman–Crippen MR) is 106 cm³/mol. The highest BCUT2D eigenvalue weighted by atomic mass is 35.5. The number of carbonyl (C=O) groups is 1. The van der Waals surface area contributed by atoms with E-state index in [1.807, 2.05) is 0 Å². The van der Waals surface area contributed by atoms with E-state index in [1.165, 1.54) is 22.5 Å². The Kier molecular flexibility index (Phi) is 6.69. The number of benzene rings is 2. The van der Waals surface area contributed by atoms with Crippen molar-refractivity contribution in [2.75, 3.05) is 18.4 Å². The molecule has 0 bridgehead atoms. The van der Waals surface area contributed by atoms with Crippen molar-refractivity contribution in [3.63, 3.8) is 0 Å². The minimum atomic E-state index is -3.66. The normalized spacial score (nSPS) is 11.6. The number of nitrogens with zero attached hydrogens (tertiary/aromatic N) is 1. The van der Waals surface area contributed by atoms with E-state index < -0.39 is 15.9 Å². The summed E-state index contributed by atoms with van der Waals surface area (Å²) in [6.07, 6.45) is 0. The fourth-order valence-electron chi connectivity index (χ4n) is 2.50. The lowest BCUT2D eigenvalue weighted by molar-refractivity contribution is 0.102. The summed E-state index contributed by atoms with van der Waals surface area (Å²) in [4.78, 5) is 12.7. The first kappa shape index (κ1) is 20.7. The van der Waals surface area contributed by atoms with E-state index in [-0.39, 0.29) is 10.5 Å². The Hall–Kier alpha value is -1.60. The predicted octanol–water partition coefficient (Wildman–Crippen LogP) is 4.58. The molecule has 2 aromatic carbocycles. The third-order valence-electron chi connectivity index (χ3n) is 3.97. The molecule has 8 heteroatoms. The van der Waals surface area contributed by atoms with Gasteiger partial charge in [-0.2, -0.15) is 4.31 Å². The van der Waals surface area contributed by atoms with Crippen molar-refractivity contribution in [2.45, 2.75) is 25.7 Å². The molecule has 0 atom stereocenters. The van der Waals surface area contributed by atoms with Gasteiger partial charge < -0.3 is 5.32 Å². The molecule has 0 aliphatic heterocycles. The molecule has 0 radical (unpaired) electrons. The number of rotatable bonds is 6. The molecule has 1 amide bonds. The molecule has 2 aromatic rings. The summed E-state index contributed by atoms with van der Waals surface area (Å²) >= 11 is 12.0. The molecule has 0 aromatic heterocycles. The lowest BCUT2D eigenvalue weighted by Crippen LogP contribution is -2.30. The highest BCUT2D eigenvalue weighted by Gasteiger charge is 2.23. The maximum absolute atomic E-state index is 12.7. The number of nitrogens with one attached hydrogen (secondary N) is 1. The highest BCUT2D eigenvalue weighted by Crippen LogP contribution is 2.27. The third-order valence-corrected chi connectivity index (χ3v) is 6.58. The van der Waals surface area contributed by atoms with E-state index in [0.29, 0.717) is 34.4 Å².